The monoisotopic (exact) mass is 523 g/mol. The van der Waals surface area contributed by atoms with Crippen molar-refractivity contribution in [3.8, 4) is 11.5 Å². The predicted octanol–water partition coefficient (Wildman–Crippen LogP) is 4.78. The summed E-state index contributed by atoms with van der Waals surface area (Å²) in [6.07, 6.45) is 6.34. The number of aromatic hydroxyl groups is 1. The summed E-state index contributed by atoms with van der Waals surface area (Å²) in [6.45, 7) is 8.00. The van der Waals surface area contributed by atoms with Crippen LogP contribution in [-0.2, 0) is 16.3 Å². The lowest BCUT2D eigenvalue weighted by molar-refractivity contribution is -0.0406. The minimum absolute atomic E-state index is 0.126. The third kappa shape index (κ3) is 3.10. The van der Waals surface area contributed by atoms with Crippen LogP contribution in [0.3, 0.4) is 0 Å². The topological polar surface area (TPSA) is 41.9 Å². The zero-order chi connectivity index (χ0) is 26.3. The molecule has 1 spiro atoms. The van der Waals surface area contributed by atoms with Gasteiger partial charge in [-0.05, 0) is 53.5 Å². The summed E-state index contributed by atoms with van der Waals surface area (Å²) in [5.41, 5.74) is 2.40. The number of ether oxygens (including phenoxy) is 1. The molecule has 0 radical (unpaired) electrons. The van der Waals surface area contributed by atoms with E-state index >= 15 is 0 Å². The molecular weight excluding hydrogens is 486 g/mol. The van der Waals surface area contributed by atoms with Crippen molar-refractivity contribution in [2.45, 2.75) is 62.3 Å². The first-order chi connectivity index (χ1) is 18.3. The van der Waals surface area contributed by atoms with E-state index in [1.807, 2.05) is 6.07 Å². The smallest absolute Gasteiger partial charge is 0.262 e. The van der Waals surface area contributed by atoms with E-state index in [9.17, 15) is 5.11 Å². The number of benzene rings is 3. The van der Waals surface area contributed by atoms with Crippen molar-refractivity contribution in [1.29, 1.82) is 0 Å². The number of likely N-dealkylation sites (N-methyl/N-ethyl adjacent to an activating group) is 1. The fourth-order valence-electron chi connectivity index (χ4n) is 8.22. The van der Waals surface area contributed by atoms with Gasteiger partial charge in [0.2, 0.25) is 0 Å². The van der Waals surface area contributed by atoms with Crippen molar-refractivity contribution in [1.82, 2.24) is 4.90 Å². The van der Waals surface area contributed by atoms with Crippen molar-refractivity contribution >= 4 is 18.7 Å². The Morgan fingerprint density at radius 1 is 0.947 bits per heavy atom. The summed E-state index contributed by atoms with van der Waals surface area (Å²) in [7, 11) is -0.536. The molecule has 1 N–H and O–H groups in total. The van der Waals surface area contributed by atoms with Crippen LogP contribution in [0.1, 0.15) is 38.3 Å². The highest BCUT2D eigenvalue weighted by Gasteiger charge is 2.66. The van der Waals surface area contributed by atoms with Gasteiger partial charge in [-0.2, -0.15) is 0 Å². The van der Waals surface area contributed by atoms with E-state index in [-0.39, 0.29) is 28.4 Å². The number of phenolic OH excluding ortho intramolecular Hbond substituents is 1. The molecule has 0 unspecified atom stereocenters. The standard InChI is InChI=1S/C33H37NO3Si/c1-32(2,3)38(23-11-7-5-8-12-23,24-13-9-6-10-14-24)37-28-18-16-25-26-21-22-15-17-27(35)30-29(22)33(25,31(28)36-30)19-20-34(26)4/h5-18,25-26,28,31,35H,19-21H2,1-4H3/t25-,26+,28-,31-,33-/m0/s1. The molecule has 3 aromatic carbocycles. The molecule has 4 aliphatic rings. The van der Waals surface area contributed by atoms with Gasteiger partial charge in [0.1, 0.15) is 12.2 Å². The van der Waals surface area contributed by atoms with E-state index in [2.05, 4.69) is 112 Å². The van der Waals surface area contributed by atoms with Crippen molar-refractivity contribution in [3.63, 3.8) is 0 Å². The molecule has 38 heavy (non-hydrogen) atoms. The predicted molar refractivity (Wildman–Crippen MR) is 154 cm³/mol. The number of hydrogen-bond donors (Lipinski definition) is 1. The second-order valence-electron chi connectivity index (χ2n) is 12.7. The molecule has 2 aliphatic carbocycles. The largest absolute Gasteiger partial charge is 0.504 e. The van der Waals surface area contributed by atoms with Crippen LogP contribution in [0.4, 0.5) is 0 Å². The minimum Gasteiger partial charge on any atom is -0.504 e. The van der Waals surface area contributed by atoms with E-state index in [1.165, 1.54) is 21.5 Å². The maximum absolute atomic E-state index is 11.0. The molecule has 2 heterocycles. The third-order valence-electron chi connectivity index (χ3n) is 9.86. The van der Waals surface area contributed by atoms with E-state index < -0.39 is 8.32 Å². The first-order valence-corrected chi connectivity index (χ1v) is 15.9. The van der Waals surface area contributed by atoms with Gasteiger partial charge in [0.25, 0.3) is 8.32 Å². The summed E-state index contributed by atoms with van der Waals surface area (Å²) in [6, 6.07) is 26.1. The summed E-state index contributed by atoms with van der Waals surface area (Å²) in [5, 5.41) is 13.4. The van der Waals surface area contributed by atoms with Crippen molar-refractivity contribution in [2.75, 3.05) is 13.6 Å². The molecule has 1 fully saturated rings. The zero-order valence-corrected chi connectivity index (χ0v) is 23.7. The SMILES string of the molecule is CN1CC[C@]23c4c5ccc(O)c4O[C@H]2[C@@H](O[Si](c2ccccc2)(c2ccccc2)C(C)(C)C)C=C[C@H]3[C@H]1C5. The highest BCUT2D eigenvalue weighted by molar-refractivity contribution is 6.99. The fraction of sp³-hybridized carbons (Fsp3) is 0.394. The Labute approximate surface area is 227 Å². The summed E-state index contributed by atoms with van der Waals surface area (Å²) in [5.74, 6) is 1.30. The summed E-state index contributed by atoms with van der Waals surface area (Å²) >= 11 is 0. The molecule has 7 rings (SSSR count). The van der Waals surface area contributed by atoms with E-state index in [4.69, 9.17) is 9.16 Å². The Kier molecular flexibility index (Phi) is 5.30. The maximum Gasteiger partial charge on any atom is 0.262 e. The molecule has 2 aliphatic heterocycles. The molecule has 1 saturated heterocycles. The lowest BCUT2D eigenvalue weighted by atomic mass is 9.53. The van der Waals surface area contributed by atoms with Gasteiger partial charge in [0.15, 0.2) is 11.5 Å². The van der Waals surface area contributed by atoms with Crippen molar-refractivity contribution in [2.24, 2.45) is 5.92 Å². The molecule has 0 saturated carbocycles. The van der Waals surface area contributed by atoms with Gasteiger partial charge in [0.05, 0.1) is 0 Å². The lowest BCUT2D eigenvalue weighted by Gasteiger charge is -2.58. The molecule has 5 atom stereocenters. The molecule has 196 valence electrons. The molecule has 2 bridgehead atoms. The number of hydrogen-bond acceptors (Lipinski definition) is 4. The van der Waals surface area contributed by atoms with Crippen LogP contribution >= 0.6 is 0 Å². The molecule has 0 aromatic heterocycles. The Bertz CT molecular complexity index is 1360. The fourth-order valence-corrected chi connectivity index (χ4v) is 12.8. The number of nitrogens with zero attached hydrogens (tertiary/aromatic N) is 1. The van der Waals surface area contributed by atoms with Gasteiger partial charge in [-0.1, -0.05) is 99.7 Å². The Morgan fingerprint density at radius 2 is 1.61 bits per heavy atom. The van der Waals surface area contributed by atoms with E-state index in [0.29, 0.717) is 17.7 Å². The first kappa shape index (κ1) is 24.2. The van der Waals surface area contributed by atoms with Gasteiger partial charge in [-0.25, -0.2) is 0 Å². The van der Waals surface area contributed by atoms with Crippen LogP contribution in [0.2, 0.25) is 5.04 Å². The quantitative estimate of drug-likeness (QED) is 0.395. The molecular formula is C33H37NO3Si. The highest BCUT2D eigenvalue weighted by atomic mass is 28.4. The Hall–Kier alpha value is -2.86. The van der Waals surface area contributed by atoms with Crippen LogP contribution in [0.5, 0.6) is 11.5 Å². The van der Waals surface area contributed by atoms with Crippen LogP contribution in [0.25, 0.3) is 0 Å². The molecule has 5 heteroatoms. The summed E-state index contributed by atoms with van der Waals surface area (Å²) in [4.78, 5) is 2.52. The Morgan fingerprint density at radius 3 is 2.24 bits per heavy atom. The number of rotatable bonds is 4. The average Bonchev–Trinajstić information content (AvgIpc) is 3.27. The van der Waals surface area contributed by atoms with Crippen molar-refractivity contribution < 1.29 is 14.3 Å². The van der Waals surface area contributed by atoms with E-state index in [0.717, 1.165) is 19.4 Å². The second-order valence-corrected chi connectivity index (χ2v) is 16.9. The third-order valence-corrected chi connectivity index (χ3v) is 14.9. The van der Waals surface area contributed by atoms with Gasteiger partial charge in [-0.15, -0.1) is 0 Å². The zero-order valence-electron chi connectivity index (χ0n) is 22.7. The Balaban J connectivity index is 1.42. The molecule has 4 nitrogen and oxygen atoms in total. The van der Waals surface area contributed by atoms with Gasteiger partial charge < -0.3 is 19.2 Å². The normalized spacial score (nSPS) is 29.6. The summed E-state index contributed by atoms with van der Waals surface area (Å²) < 4.78 is 14.5. The van der Waals surface area contributed by atoms with Crippen LogP contribution in [0, 0.1) is 5.92 Å². The van der Waals surface area contributed by atoms with Gasteiger partial charge in [-0.3, -0.25) is 0 Å². The number of phenols is 1. The van der Waals surface area contributed by atoms with E-state index in [1.54, 1.807) is 0 Å². The highest BCUT2D eigenvalue weighted by Crippen LogP contribution is 2.63. The lowest BCUT2D eigenvalue weighted by Crippen LogP contribution is -2.71. The van der Waals surface area contributed by atoms with Gasteiger partial charge in [0, 0.05) is 22.9 Å². The minimum atomic E-state index is -2.79. The van der Waals surface area contributed by atoms with Gasteiger partial charge >= 0.3 is 0 Å². The number of likely N-dealkylation sites (tertiary alicyclic amines) is 1. The average molecular weight is 524 g/mol. The van der Waals surface area contributed by atoms with Crippen LogP contribution < -0.4 is 15.1 Å². The molecule has 0 amide bonds. The van der Waals surface area contributed by atoms with Crippen LogP contribution in [0.15, 0.2) is 84.9 Å². The first-order valence-electron chi connectivity index (χ1n) is 14.0. The number of piperidine rings is 1. The van der Waals surface area contributed by atoms with Crippen LogP contribution in [-0.4, -0.2) is 50.2 Å². The second kappa shape index (κ2) is 8.32. The molecule has 3 aromatic rings. The van der Waals surface area contributed by atoms with Crippen molar-refractivity contribution in [3.05, 3.63) is 96.1 Å². The maximum atomic E-state index is 11.0.